The molecule has 0 fully saturated rings. The third kappa shape index (κ3) is 5.92. The Morgan fingerprint density at radius 2 is 1.88 bits per heavy atom. The molecule has 0 unspecified atom stereocenters. The van der Waals surface area contributed by atoms with E-state index in [-0.39, 0.29) is 0 Å². The van der Waals surface area contributed by atoms with Crippen LogP contribution >= 0.6 is 0 Å². The second-order valence-electron chi connectivity index (χ2n) is 2.60. The van der Waals surface area contributed by atoms with E-state index < -0.39 is 0 Å². The Hall–Kier alpha value is -0.0800. The first-order valence-corrected chi connectivity index (χ1v) is 3.01. The molecule has 0 rings (SSSR count). The molecule has 2 nitrogen and oxygen atoms in total. The SMILES string of the molecule is CC(C)NCN(C)C. The summed E-state index contributed by atoms with van der Waals surface area (Å²) in [7, 11) is 4.10. The molecular formula is C6H16N2. The first-order valence-electron chi connectivity index (χ1n) is 3.01. The van der Waals surface area contributed by atoms with Crippen LogP contribution in [0.1, 0.15) is 13.8 Å². The third-order valence-corrected chi connectivity index (χ3v) is 0.816. The Morgan fingerprint density at radius 1 is 1.38 bits per heavy atom. The Morgan fingerprint density at radius 3 is 2.00 bits per heavy atom. The summed E-state index contributed by atoms with van der Waals surface area (Å²) in [5.74, 6) is 0. The number of hydrogen-bond donors (Lipinski definition) is 1. The molecule has 0 aliphatic carbocycles. The highest BCUT2D eigenvalue weighted by molar-refractivity contribution is 4.48. The van der Waals surface area contributed by atoms with Crippen LogP contribution in [0, 0.1) is 0 Å². The van der Waals surface area contributed by atoms with Crippen LogP contribution < -0.4 is 5.32 Å². The first kappa shape index (κ1) is 7.92. The molecule has 0 aliphatic rings. The standard InChI is InChI=1S/C6H16N2/c1-6(2)7-5-8(3)4/h6-7H,5H2,1-4H3. The number of nitrogens with one attached hydrogen (secondary N) is 1. The van der Waals surface area contributed by atoms with Crippen molar-refractivity contribution in [2.75, 3.05) is 20.8 Å². The molecule has 0 saturated carbocycles. The van der Waals surface area contributed by atoms with Crippen molar-refractivity contribution in [1.82, 2.24) is 10.2 Å². The Kier molecular flexibility index (Phi) is 3.83. The van der Waals surface area contributed by atoms with Crippen LogP contribution in [0.4, 0.5) is 0 Å². The van der Waals surface area contributed by atoms with Gasteiger partial charge in [0.1, 0.15) is 0 Å². The zero-order valence-corrected chi connectivity index (χ0v) is 6.23. The van der Waals surface area contributed by atoms with E-state index in [4.69, 9.17) is 0 Å². The van der Waals surface area contributed by atoms with Crippen molar-refractivity contribution in [2.24, 2.45) is 0 Å². The van der Waals surface area contributed by atoms with Crippen molar-refractivity contribution in [1.29, 1.82) is 0 Å². The lowest BCUT2D eigenvalue weighted by atomic mass is 10.4. The smallest absolute Gasteiger partial charge is 0.0476 e. The fourth-order valence-corrected chi connectivity index (χ4v) is 0.365. The predicted molar refractivity (Wildman–Crippen MR) is 36.8 cm³/mol. The molecule has 0 heterocycles. The summed E-state index contributed by atoms with van der Waals surface area (Å²) in [5, 5.41) is 3.27. The average molecular weight is 116 g/mol. The Balaban J connectivity index is 2.93. The van der Waals surface area contributed by atoms with Crippen LogP contribution in [0.2, 0.25) is 0 Å². The quantitative estimate of drug-likeness (QED) is 0.540. The van der Waals surface area contributed by atoms with Gasteiger partial charge in [0.2, 0.25) is 0 Å². The van der Waals surface area contributed by atoms with Gasteiger partial charge in [0, 0.05) is 12.7 Å². The van der Waals surface area contributed by atoms with Crippen LogP contribution in [0.5, 0.6) is 0 Å². The van der Waals surface area contributed by atoms with E-state index in [9.17, 15) is 0 Å². The topological polar surface area (TPSA) is 15.3 Å². The summed E-state index contributed by atoms with van der Waals surface area (Å²) in [5.41, 5.74) is 0. The summed E-state index contributed by atoms with van der Waals surface area (Å²) in [4.78, 5) is 2.11. The maximum Gasteiger partial charge on any atom is 0.0476 e. The monoisotopic (exact) mass is 116 g/mol. The lowest BCUT2D eigenvalue weighted by Gasteiger charge is -2.12. The molecule has 0 aromatic carbocycles. The molecule has 0 saturated heterocycles. The van der Waals surface area contributed by atoms with Crippen molar-refractivity contribution in [3.63, 3.8) is 0 Å². The van der Waals surface area contributed by atoms with Gasteiger partial charge in [-0.15, -0.1) is 0 Å². The molecule has 0 aliphatic heterocycles. The van der Waals surface area contributed by atoms with E-state index in [0.717, 1.165) is 6.67 Å². The summed E-state index contributed by atoms with van der Waals surface area (Å²) in [6.07, 6.45) is 0. The minimum atomic E-state index is 0.595. The van der Waals surface area contributed by atoms with Gasteiger partial charge in [-0.05, 0) is 27.9 Å². The van der Waals surface area contributed by atoms with Gasteiger partial charge in [0.05, 0.1) is 0 Å². The molecule has 0 radical (unpaired) electrons. The zero-order valence-electron chi connectivity index (χ0n) is 6.23. The number of hydrogen-bond acceptors (Lipinski definition) is 2. The number of rotatable bonds is 3. The number of nitrogens with zero attached hydrogens (tertiary/aromatic N) is 1. The molecule has 0 spiro atoms. The minimum Gasteiger partial charge on any atom is -0.302 e. The van der Waals surface area contributed by atoms with E-state index in [1.54, 1.807) is 0 Å². The first-order chi connectivity index (χ1) is 3.63. The third-order valence-electron chi connectivity index (χ3n) is 0.816. The molecule has 1 N–H and O–H groups in total. The fraction of sp³-hybridized carbons (Fsp3) is 1.00. The molecule has 0 aromatic heterocycles. The van der Waals surface area contributed by atoms with Gasteiger partial charge < -0.3 is 5.32 Å². The van der Waals surface area contributed by atoms with E-state index in [1.165, 1.54) is 0 Å². The molecule has 0 atom stereocenters. The summed E-state index contributed by atoms with van der Waals surface area (Å²) >= 11 is 0. The van der Waals surface area contributed by atoms with Crippen molar-refractivity contribution in [3.8, 4) is 0 Å². The van der Waals surface area contributed by atoms with Gasteiger partial charge in [0.25, 0.3) is 0 Å². The highest BCUT2D eigenvalue weighted by Gasteiger charge is 1.90. The van der Waals surface area contributed by atoms with Crippen LogP contribution in [-0.2, 0) is 0 Å². The molecule has 8 heavy (non-hydrogen) atoms. The van der Waals surface area contributed by atoms with Crippen molar-refractivity contribution in [3.05, 3.63) is 0 Å². The highest BCUT2D eigenvalue weighted by atomic mass is 15.2. The molecular weight excluding hydrogens is 100 g/mol. The largest absolute Gasteiger partial charge is 0.302 e. The molecule has 0 amide bonds. The van der Waals surface area contributed by atoms with E-state index in [2.05, 4.69) is 38.2 Å². The molecule has 0 aromatic rings. The maximum atomic E-state index is 3.27. The van der Waals surface area contributed by atoms with Crippen LogP contribution in [0.15, 0.2) is 0 Å². The minimum absolute atomic E-state index is 0.595. The van der Waals surface area contributed by atoms with Gasteiger partial charge in [0.15, 0.2) is 0 Å². The van der Waals surface area contributed by atoms with E-state index in [1.807, 2.05) is 0 Å². The normalized spacial score (nSPS) is 11.2. The van der Waals surface area contributed by atoms with Crippen LogP contribution in [0.25, 0.3) is 0 Å². The van der Waals surface area contributed by atoms with Crippen molar-refractivity contribution < 1.29 is 0 Å². The maximum absolute atomic E-state index is 3.27. The Bertz CT molecular complexity index is 42.5. The molecule has 50 valence electrons. The van der Waals surface area contributed by atoms with Crippen LogP contribution in [-0.4, -0.2) is 31.7 Å². The molecule has 2 heteroatoms. The summed E-state index contributed by atoms with van der Waals surface area (Å²) < 4.78 is 0. The van der Waals surface area contributed by atoms with Crippen molar-refractivity contribution in [2.45, 2.75) is 19.9 Å². The van der Waals surface area contributed by atoms with Crippen LogP contribution in [0.3, 0.4) is 0 Å². The fourth-order valence-electron chi connectivity index (χ4n) is 0.365. The van der Waals surface area contributed by atoms with Gasteiger partial charge in [-0.3, -0.25) is 4.90 Å². The van der Waals surface area contributed by atoms with Gasteiger partial charge in [-0.25, -0.2) is 0 Å². The van der Waals surface area contributed by atoms with Crippen molar-refractivity contribution >= 4 is 0 Å². The second kappa shape index (κ2) is 3.87. The average Bonchev–Trinajstić information content (AvgIpc) is 1.61. The van der Waals surface area contributed by atoms with Gasteiger partial charge in [-0.2, -0.15) is 0 Å². The van der Waals surface area contributed by atoms with Gasteiger partial charge in [-0.1, -0.05) is 0 Å². The lowest BCUT2D eigenvalue weighted by molar-refractivity contribution is 0.351. The second-order valence-corrected chi connectivity index (χ2v) is 2.60. The summed E-state index contributed by atoms with van der Waals surface area (Å²) in [6.45, 7) is 5.25. The van der Waals surface area contributed by atoms with Gasteiger partial charge >= 0.3 is 0 Å². The predicted octanol–water partition coefficient (Wildman–Crippen LogP) is 0.503. The highest BCUT2D eigenvalue weighted by Crippen LogP contribution is 1.75. The Labute approximate surface area is 51.9 Å². The summed E-state index contributed by atoms with van der Waals surface area (Å²) in [6, 6.07) is 0.595. The lowest BCUT2D eigenvalue weighted by Crippen LogP contribution is -2.32. The van der Waals surface area contributed by atoms with E-state index >= 15 is 0 Å². The zero-order chi connectivity index (χ0) is 6.57. The van der Waals surface area contributed by atoms with E-state index in [0.29, 0.717) is 6.04 Å². The molecule has 0 bridgehead atoms.